The maximum atomic E-state index is 10.1. The molecular formula is C22H38Cl4O2Si2Ti2. The van der Waals surface area contributed by atoms with E-state index in [0.29, 0.717) is 0 Å². The van der Waals surface area contributed by atoms with Gasteiger partial charge in [-0.1, -0.05) is 55.4 Å². The first-order valence-electron chi connectivity index (χ1n) is 10.2. The number of halogens is 4. The van der Waals surface area contributed by atoms with Crippen LogP contribution in [0.4, 0.5) is 0 Å². The van der Waals surface area contributed by atoms with E-state index in [1.165, 1.54) is 58.4 Å². The number of hydrogen-bond donors (Lipinski definition) is 2. The average Bonchev–Trinajstić information content (AvgIpc) is 2.95. The van der Waals surface area contributed by atoms with E-state index in [-0.39, 0.29) is 0 Å². The summed E-state index contributed by atoms with van der Waals surface area (Å²) in [4.78, 5) is 20.3. The van der Waals surface area contributed by atoms with Gasteiger partial charge in [-0.05, 0) is 73.5 Å². The third kappa shape index (κ3) is 11.1. The molecule has 0 aromatic rings. The van der Waals surface area contributed by atoms with Gasteiger partial charge in [0.2, 0.25) is 0 Å². The van der Waals surface area contributed by atoms with Gasteiger partial charge in [-0.15, -0.1) is 0 Å². The Kier molecular flexibility index (Phi) is 19.4. The van der Waals surface area contributed by atoms with E-state index >= 15 is 0 Å². The van der Waals surface area contributed by atoms with Gasteiger partial charge in [0.05, 0.1) is 0 Å². The van der Waals surface area contributed by atoms with E-state index in [1.807, 2.05) is 26.2 Å². The van der Waals surface area contributed by atoms with Crippen LogP contribution < -0.4 is 0 Å². The standard InChI is InChI=1S/2C11H19OSi.4ClH.2Ti/c2*1-7-8(2)10(4)11(9(7)3)13(5,6)12;;;;;;/h2*12H,1-6H3;4*1H;;/q;;;;;;2*+2/p-4. The number of hydrogen-bond acceptors (Lipinski definition) is 2. The Labute approximate surface area is 235 Å². The Bertz CT molecular complexity index is 437. The van der Waals surface area contributed by atoms with Crippen LogP contribution in [-0.2, 0) is 34.1 Å². The van der Waals surface area contributed by atoms with Gasteiger partial charge >= 0.3 is 71.3 Å². The molecule has 2 N–H and O–H groups in total. The van der Waals surface area contributed by atoms with E-state index < -0.39 is 50.7 Å². The fourth-order valence-electron chi connectivity index (χ4n) is 4.27. The van der Waals surface area contributed by atoms with E-state index in [9.17, 15) is 9.59 Å². The molecule has 2 nitrogen and oxygen atoms in total. The van der Waals surface area contributed by atoms with Crippen molar-refractivity contribution in [2.24, 2.45) is 0 Å². The molecule has 32 heavy (non-hydrogen) atoms. The topological polar surface area (TPSA) is 40.5 Å². The van der Waals surface area contributed by atoms with Crippen molar-refractivity contribution >= 4 is 53.9 Å². The van der Waals surface area contributed by atoms with Crippen LogP contribution in [0.25, 0.3) is 0 Å². The summed E-state index contributed by atoms with van der Waals surface area (Å²) >= 11 is -1.11. The Balaban J connectivity index is 0. The van der Waals surface area contributed by atoms with Crippen molar-refractivity contribution in [3.8, 4) is 0 Å². The molecule has 0 bridgehead atoms. The first-order valence-corrected chi connectivity index (χ1v) is 24.7. The molecule has 0 aliphatic heterocycles. The average molecular weight is 628 g/mol. The monoisotopic (exact) mass is 626 g/mol. The molecule has 0 atom stereocenters. The molecule has 2 saturated carbocycles. The zero-order valence-corrected chi connectivity index (χ0v) is 29.6. The molecule has 2 fully saturated rings. The maximum absolute atomic E-state index is 10.1. The second-order valence-electron chi connectivity index (χ2n) is 9.01. The van der Waals surface area contributed by atoms with Crippen molar-refractivity contribution in [2.75, 3.05) is 0 Å². The van der Waals surface area contributed by atoms with Crippen LogP contribution in [-0.4, -0.2) is 26.2 Å². The van der Waals surface area contributed by atoms with Gasteiger partial charge in [0.15, 0.2) is 16.6 Å². The van der Waals surface area contributed by atoms with Gasteiger partial charge in [0.25, 0.3) is 0 Å². The first-order chi connectivity index (χ1) is 14.4. The normalized spacial score (nSPS) is 22.1. The second kappa shape index (κ2) is 16.7. The molecule has 0 spiro atoms. The van der Waals surface area contributed by atoms with Crippen LogP contribution >= 0.6 is 37.2 Å². The van der Waals surface area contributed by atoms with E-state index in [1.54, 1.807) is 0 Å². The summed E-state index contributed by atoms with van der Waals surface area (Å²) in [6, 6.07) is 0. The van der Waals surface area contributed by atoms with Crippen LogP contribution in [0.3, 0.4) is 0 Å². The van der Waals surface area contributed by atoms with Crippen molar-refractivity contribution in [1.29, 1.82) is 0 Å². The number of rotatable bonds is 2. The Hall–Kier alpha value is 2.94. The zero-order chi connectivity index (χ0) is 26.2. The third-order valence-electron chi connectivity index (χ3n) is 6.10. The summed E-state index contributed by atoms with van der Waals surface area (Å²) in [5.41, 5.74) is 2.48. The molecule has 182 valence electrons. The first kappa shape index (κ1) is 37.1. The van der Waals surface area contributed by atoms with Gasteiger partial charge in [-0.3, -0.25) is 0 Å². The summed E-state index contributed by atoms with van der Waals surface area (Å²) in [6.07, 6.45) is 0. The molecule has 0 saturated heterocycles. The molecule has 10 radical (unpaired) electrons. The molecule has 2 aliphatic rings. The molecule has 0 amide bonds. The van der Waals surface area contributed by atoms with Crippen molar-refractivity contribution in [3.63, 3.8) is 0 Å². The van der Waals surface area contributed by atoms with Crippen molar-refractivity contribution in [3.05, 3.63) is 58.4 Å². The van der Waals surface area contributed by atoms with E-state index in [2.05, 4.69) is 55.4 Å². The Morgan fingerprint density at radius 2 is 0.562 bits per heavy atom. The molecular weight excluding hydrogens is 590 g/mol. The summed E-state index contributed by atoms with van der Waals surface area (Å²) in [5, 5.41) is 0. The molecule has 0 unspecified atom stereocenters. The van der Waals surface area contributed by atoms with Crippen LogP contribution in [0, 0.1) is 58.4 Å². The quantitative estimate of drug-likeness (QED) is 0.304. The predicted molar refractivity (Wildman–Crippen MR) is 141 cm³/mol. The van der Waals surface area contributed by atoms with Gasteiger partial charge < -0.3 is 9.59 Å². The third-order valence-corrected chi connectivity index (χ3v) is 10.0. The Morgan fingerprint density at radius 3 is 0.625 bits per heavy atom. The molecule has 2 aliphatic carbocycles. The minimum absolute atomic E-state index is 0.556. The summed E-state index contributed by atoms with van der Waals surface area (Å²) in [5.74, 6) is 10.6. The molecule has 0 aromatic heterocycles. The molecule has 0 heterocycles. The van der Waals surface area contributed by atoms with Crippen molar-refractivity contribution < 1.29 is 43.7 Å². The molecule has 2 rings (SSSR count). The van der Waals surface area contributed by atoms with Gasteiger partial charge in [0.1, 0.15) is 0 Å². The van der Waals surface area contributed by atoms with Crippen molar-refractivity contribution in [1.82, 2.24) is 0 Å². The van der Waals surface area contributed by atoms with Crippen LogP contribution in [0.15, 0.2) is 0 Å². The van der Waals surface area contributed by atoms with Gasteiger partial charge in [-0.25, -0.2) is 0 Å². The van der Waals surface area contributed by atoms with Crippen LogP contribution in [0.5, 0.6) is 0 Å². The predicted octanol–water partition coefficient (Wildman–Crippen LogP) is 8.13. The second-order valence-corrected chi connectivity index (χ2v) is 21.4. The van der Waals surface area contributed by atoms with Crippen LogP contribution in [0.2, 0.25) is 26.2 Å². The summed E-state index contributed by atoms with van der Waals surface area (Å²) in [6.45, 7) is 25.0. The summed E-state index contributed by atoms with van der Waals surface area (Å²) in [7, 11) is 15.3. The van der Waals surface area contributed by atoms with Gasteiger partial charge in [-0.2, -0.15) is 0 Å². The fourth-order valence-corrected chi connectivity index (χ4v) is 8.69. The zero-order valence-electron chi connectivity index (χ0n) is 21.4. The minimum atomic E-state index is -2.13. The Morgan fingerprint density at radius 1 is 0.438 bits per heavy atom. The molecule has 10 heteroatoms. The summed E-state index contributed by atoms with van der Waals surface area (Å²) < 4.78 is 0. The SMILES string of the molecule is C[C]1[C](C)[C](C)[C]([Si](C)(C)O)[C]1C.C[C]1[C](C)[C](C)[C]([Si](C)(C)O)[C]1C.[Cl][Ti][Cl].[Cl][Ti][Cl]. The van der Waals surface area contributed by atoms with Crippen LogP contribution in [0.1, 0.15) is 55.4 Å². The van der Waals surface area contributed by atoms with E-state index in [4.69, 9.17) is 37.2 Å². The molecule has 0 aromatic carbocycles. The van der Waals surface area contributed by atoms with Gasteiger partial charge in [0, 0.05) is 11.1 Å². The fraction of sp³-hybridized carbons (Fsp3) is 0.545. The van der Waals surface area contributed by atoms with Crippen molar-refractivity contribution in [2.45, 2.75) is 81.6 Å². The van der Waals surface area contributed by atoms with E-state index in [0.717, 1.165) is 0 Å².